The van der Waals surface area contributed by atoms with E-state index >= 15 is 0 Å². The number of urea groups is 1. The number of halogens is 3. The Balaban J connectivity index is 1.61. The first kappa shape index (κ1) is 15.1. The van der Waals surface area contributed by atoms with Crippen LogP contribution in [0.3, 0.4) is 0 Å². The molecule has 2 aliphatic rings. The van der Waals surface area contributed by atoms with E-state index in [1.54, 1.807) is 6.07 Å². The third kappa shape index (κ3) is 2.43. The summed E-state index contributed by atoms with van der Waals surface area (Å²) in [5.74, 6) is 0.379. The van der Waals surface area contributed by atoms with Crippen LogP contribution in [0, 0.1) is 0 Å². The molecule has 3 heterocycles. The fourth-order valence-electron chi connectivity index (χ4n) is 2.81. The fourth-order valence-corrected chi connectivity index (χ4v) is 2.81. The number of anilines is 1. The Bertz CT molecular complexity index is 555. The SMILES string of the molecule is COC1(C(F)(F)F)CN(C(=O)Nc2cc3n(n2)CCCC3)C1. The molecule has 0 spiro atoms. The minimum Gasteiger partial charge on any atom is -0.365 e. The number of aryl methyl sites for hydroxylation is 2. The van der Waals surface area contributed by atoms with Gasteiger partial charge in [0.15, 0.2) is 11.4 Å². The summed E-state index contributed by atoms with van der Waals surface area (Å²) >= 11 is 0. The molecule has 2 aliphatic heterocycles. The van der Waals surface area contributed by atoms with Crippen LogP contribution in [0.25, 0.3) is 0 Å². The summed E-state index contributed by atoms with van der Waals surface area (Å²) in [5, 5.41) is 6.79. The molecule has 2 amide bonds. The number of methoxy groups -OCH3 is 1. The van der Waals surface area contributed by atoms with E-state index in [-0.39, 0.29) is 0 Å². The Morgan fingerprint density at radius 1 is 1.41 bits per heavy atom. The molecule has 6 nitrogen and oxygen atoms in total. The van der Waals surface area contributed by atoms with Crippen LogP contribution in [-0.2, 0) is 17.7 Å². The van der Waals surface area contributed by atoms with E-state index in [4.69, 9.17) is 0 Å². The standard InChI is InChI=1S/C13H17F3N4O2/c1-22-12(13(14,15)16)7-19(8-12)11(21)17-10-6-9-4-2-3-5-20(9)18-10/h6H,2-5,7-8H2,1H3,(H,17,18,21). The van der Waals surface area contributed by atoms with Gasteiger partial charge < -0.3 is 9.64 Å². The molecule has 1 fully saturated rings. The van der Waals surface area contributed by atoms with Crippen molar-refractivity contribution in [2.75, 3.05) is 25.5 Å². The highest BCUT2D eigenvalue weighted by Crippen LogP contribution is 2.40. The highest BCUT2D eigenvalue weighted by atomic mass is 19.4. The lowest BCUT2D eigenvalue weighted by atomic mass is 9.93. The molecule has 3 rings (SSSR count). The lowest BCUT2D eigenvalue weighted by molar-refractivity contribution is -0.303. The van der Waals surface area contributed by atoms with Crippen LogP contribution in [0.15, 0.2) is 6.07 Å². The van der Waals surface area contributed by atoms with Crippen LogP contribution >= 0.6 is 0 Å². The van der Waals surface area contributed by atoms with E-state index < -0.39 is 30.9 Å². The van der Waals surface area contributed by atoms with Gasteiger partial charge in [-0.15, -0.1) is 0 Å². The predicted molar refractivity (Wildman–Crippen MR) is 71.6 cm³/mol. The Labute approximate surface area is 125 Å². The maximum atomic E-state index is 12.9. The molecule has 1 saturated heterocycles. The molecule has 0 radical (unpaired) electrons. The van der Waals surface area contributed by atoms with Crippen LogP contribution in [0.5, 0.6) is 0 Å². The largest absolute Gasteiger partial charge is 0.420 e. The second-order valence-electron chi connectivity index (χ2n) is 5.68. The summed E-state index contributed by atoms with van der Waals surface area (Å²) < 4.78 is 45.0. The zero-order valence-electron chi connectivity index (χ0n) is 12.1. The number of hydrogen-bond donors (Lipinski definition) is 1. The number of rotatable bonds is 2. The second-order valence-corrected chi connectivity index (χ2v) is 5.68. The van der Waals surface area contributed by atoms with E-state index in [1.165, 1.54) is 0 Å². The van der Waals surface area contributed by atoms with Gasteiger partial charge in [-0.25, -0.2) is 4.79 Å². The van der Waals surface area contributed by atoms with Crippen LogP contribution in [-0.4, -0.2) is 52.7 Å². The normalized spacial score (nSPS) is 20.3. The summed E-state index contributed by atoms with van der Waals surface area (Å²) in [6.07, 6.45) is -1.48. The van der Waals surface area contributed by atoms with Crippen LogP contribution in [0.4, 0.5) is 23.8 Å². The van der Waals surface area contributed by atoms with Crippen molar-refractivity contribution in [1.82, 2.24) is 14.7 Å². The number of alkyl halides is 3. The molecule has 1 aromatic heterocycles. The van der Waals surface area contributed by atoms with Crippen molar-refractivity contribution in [3.05, 3.63) is 11.8 Å². The first-order chi connectivity index (χ1) is 10.3. The van der Waals surface area contributed by atoms with E-state index in [1.807, 2.05) is 4.68 Å². The number of ether oxygens (including phenoxy) is 1. The number of aromatic nitrogens is 2. The maximum Gasteiger partial charge on any atom is 0.420 e. The number of nitrogens with zero attached hydrogens (tertiary/aromatic N) is 3. The first-order valence-corrected chi connectivity index (χ1v) is 7.09. The maximum absolute atomic E-state index is 12.9. The smallest absolute Gasteiger partial charge is 0.365 e. The fraction of sp³-hybridized carbons (Fsp3) is 0.692. The molecular weight excluding hydrogens is 301 g/mol. The lowest BCUT2D eigenvalue weighted by Crippen LogP contribution is -2.71. The molecule has 1 N–H and O–H groups in total. The number of nitrogens with one attached hydrogen (secondary N) is 1. The number of carbonyl (C=O) groups is 1. The predicted octanol–water partition coefficient (Wildman–Crippen LogP) is 2.01. The molecule has 0 unspecified atom stereocenters. The van der Waals surface area contributed by atoms with Crippen molar-refractivity contribution in [1.29, 1.82) is 0 Å². The first-order valence-electron chi connectivity index (χ1n) is 7.09. The number of carbonyl (C=O) groups excluding carboxylic acids is 1. The monoisotopic (exact) mass is 318 g/mol. The second kappa shape index (κ2) is 5.15. The van der Waals surface area contributed by atoms with Crippen molar-refractivity contribution in [2.24, 2.45) is 0 Å². The van der Waals surface area contributed by atoms with Gasteiger partial charge in [-0.3, -0.25) is 10.00 Å². The zero-order valence-corrected chi connectivity index (χ0v) is 12.1. The van der Waals surface area contributed by atoms with Crippen molar-refractivity contribution in [3.63, 3.8) is 0 Å². The quantitative estimate of drug-likeness (QED) is 0.907. The van der Waals surface area contributed by atoms with Gasteiger partial charge in [-0.1, -0.05) is 0 Å². The molecule has 1 aromatic rings. The molecule has 0 aromatic carbocycles. The summed E-state index contributed by atoms with van der Waals surface area (Å²) in [6.45, 7) is -0.214. The topological polar surface area (TPSA) is 59.4 Å². The average molecular weight is 318 g/mol. The van der Waals surface area contributed by atoms with Gasteiger partial charge in [-0.05, 0) is 19.3 Å². The van der Waals surface area contributed by atoms with Crippen LogP contribution < -0.4 is 5.32 Å². The van der Waals surface area contributed by atoms with E-state index in [0.717, 1.165) is 43.5 Å². The van der Waals surface area contributed by atoms with E-state index in [2.05, 4.69) is 15.2 Å². The minimum absolute atomic E-state index is 0.379. The van der Waals surface area contributed by atoms with Gasteiger partial charge in [0, 0.05) is 25.4 Å². The highest BCUT2D eigenvalue weighted by Gasteiger charge is 2.63. The van der Waals surface area contributed by atoms with Crippen molar-refractivity contribution in [3.8, 4) is 0 Å². The Kier molecular flexibility index (Phi) is 3.54. The molecule has 0 atom stereocenters. The minimum atomic E-state index is -4.49. The molecule has 9 heteroatoms. The molecule has 0 aliphatic carbocycles. The Morgan fingerprint density at radius 3 is 2.73 bits per heavy atom. The molecule has 0 bridgehead atoms. The Hall–Kier alpha value is -1.77. The number of amides is 2. The van der Waals surface area contributed by atoms with Gasteiger partial charge in [0.05, 0.1) is 13.1 Å². The number of likely N-dealkylation sites (tertiary alicyclic amines) is 1. The third-order valence-corrected chi connectivity index (χ3v) is 4.24. The number of fused-ring (bicyclic) bond motifs is 1. The lowest BCUT2D eigenvalue weighted by Gasteiger charge is -2.48. The highest BCUT2D eigenvalue weighted by molar-refractivity contribution is 5.89. The summed E-state index contributed by atoms with van der Waals surface area (Å²) in [4.78, 5) is 13.0. The van der Waals surface area contributed by atoms with Crippen LogP contribution in [0.2, 0.25) is 0 Å². The molecule has 122 valence electrons. The molecular formula is C13H17F3N4O2. The average Bonchev–Trinajstić information content (AvgIpc) is 2.78. The summed E-state index contributed by atoms with van der Waals surface area (Å²) in [7, 11) is 1.01. The van der Waals surface area contributed by atoms with Gasteiger partial charge in [0.2, 0.25) is 0 Å². The zero-order chi connectivity index (χ0) is 16.0. The van der Waals surface area contributed by atoms with Gasteiger partial charge in [-0.2, -0.15) is 18.3 Å². The third-order valence-electron chi connectivity index (χ3n) is 4.24. The molecule has 0 saturated carbocycles. The van der Waals surface area contributed by atoms with Crippen molar-refractivity contribution >= 4 is 11.8 Å². The molecule has 22 heavy (non-hydrogen) atoms. The summed E-state index contributed by atoms with van der Waals surface area (Å²) in [5.41, 5.74) is -1.22. The van der Waals surface area contributed by atoms with E-state index in [0.29, 0.717) is 5.82 Å². The summed E-state index contributed by atoms with van der Waals surface area (Å²) in [6, 6.07) is 1.18. The van der Waals surface area contributed by atoms with Crippen molar-refractivity contribution in [2.45, 2.75) is 37.6 Å². The number of hydrogen-bond acceptors (Lipinski definition) is 3. The van der Waals surface area contributed by atoms with Crippen molar-refractivity contribution < 1.29 is 22.7 Å². The Morgan fingerprint density at radius 2 is 2.14 bits per heavy atom. The van der Waals surface area contributed by atoms with Gasteiger partial charge >= 0.3 is 12.2 Å². The van der Waals surface area contributed by atoms with Gasteiger partial charge in [0.25, 0.3) is 0 Å². The van der Waals surface area contributed by atoms with Crippen LogP contribution in [0.1, 0.15) is 18.5 Å². The van der Waals surface area contributed by atoms with Gasteiger partial charge in [0.1, 0.15) is 0 Å². The van der Waals surface area contributed by atoms with E-state index in [9.17, 15) is 18.0 Å².